The summed E-state index contributed by atoms with van der Waals surface area (Å²) in [6.07, 6.45) is -6.17. The number of alkyl halides is 6. The van der Waals surface area contributed by atoms with Crippen LogP contribution in [0.3, 0.4) is 0 Å². The molecule has 0 spiro atoms. The zero-order chi connectivity index (χ0) is 34.7. The molecule has 0 saturated heterocycles. The normalized spacial score (nSPS) is 16.2. The summed E-state index contributed by atoms with van der Waals surface area (Å²) >= 11 is 5.97. The fraction of sp³-hybridized carbons (Fsp3) is 0.393. The quantitative estimate of drug-likeness (QED) is 0.200. The minimum absolute atomic E-state index is 0.0618. The number of para-hydroxylation sites is 1. The van der Waals surface area contributed by atoms with Gasteiger partial charge in [0.25, 0.3) is 0 Å². The van der Waals surface area contributed by atoms with E-state index in [0.29, 0.717) is 28.7 Å². The molecule has 3 aromatic rings. The summed E-state index contributed by atoms with van der Waals surface area (Å²) in [6, 6.07) is 15.9. The van der Waals surface area contributed by atoms with Gasteiger partial charge in [0.15, 0.2) is 0 Å². The molecule has 1 heterocycles. The molecule has 1 amide bonds. The second-order valence-corrected chi connectivity index (χ2v) is 10.5. The van der Waals surface area contributed by atoms with Gasteiger partial charge in [0.05, 0.1) is 12.1 Å². The lowest BCUT2D eigenvalue weighted by Gasteiger charge is -2.30. The van der Waals surface area contributed by atoms with E-state index in [1.165, 1.54) is 0 Å². The number of hydrogen-bond donors (Lipinski definition) is 5. The van der Waals surface area contributed by atoms with E-state index in [9.17, 15) is 31.1 Å². The average Bonchev–Trinajstić information content (AvgIpc) is 2.96. The van der Waals surface area contributed by atoms with Crippen LogP contribution >= 0.6 is 11.6 Å². The summed E-state index contributed by atoms with van der Waals surface area (Å²) in [4.78, 5) is 41.5. The summed E-state index contributed by atoms with van der Waals surface area (Å²) in [5.74, 6) is -3.99. The molecule has 0 unspecified atom stereocenters. The molecule has 1 aromatic heterocycles. The lowest BCUT2D eigenvalue weighted by atomic mass is 9.91. The van der Waals surface area contributed by atoms with Crippen molar-refractivity contribution in [2.75, 3.05) is 36.2 Å². The van der Waals surface area contributed by atoms with Gasteiger partial charge < -0.3 is 31.1 Å². The standard InChI is InChI=1S/C24H29ClN6O.2C2HF3O2/c1-31(2)23-20-8-3-4-9-21(20)29-24(30-23)28-18-12-10-17(11-13-18)26-15-22(32)27-19-7-5-6-16(25)14-19;2*3-2(4,5)1(6)7/h3-9,14,17-18,26H,10-13,15H2,1-2H3,(H,27,32)(H,28,29,30);2*(H,6,7). The number of carboxylic acids is 2. The molecule has 0 radical (unpaired) electrons. The van der Waals surface area contributed by atoms with Crippen LogP contribution in [0.4, 0.5) is 43.8 Å². The predicted molar refractivity (Wildman–Crippen MR) is 159 cm³/mol. The number of nitrogens with one attached hydrogen (secondary N) is 3. The molecule has 2 aromatic carbocycles. The molecule has 1 aliphatic carbocycles. The summed E-state index contributed by atoms with van der Waals surface area (Å²) < 4.78 is 63.5. The van der Waals surface area contributed by atoms with Crippen molar-refractivity contribution < 1.29 is 50.9 Å². The van der Waals surface area contributed by atoms with Gasteiger partial charge in [-0.05, 0) is 56.0 Å². The molecule has 252 valence electrons. The Kier molecular flexibility index (Phi) is 13.8. The maximum Gasteiger partial charge on any atom is 0.490 e. The Morgan fingerprint density at radius 3 is 1.93 bits per heavy atom. The van der Waals surface area contributed by atoms with Crippen molar-refractivity contribution in [1.29, 1.82) is 0 Å². The first kappa shape index (κ1) is 37.8. The number of halogens is 7. The molecule has 5 N–H and O–H groups in total. The number of aromatic nitrogens is 2. The highest BCUT2D eigenvalue weighted by Gasteiger charge is 2.38. The van der Waals surface area contributed by atoms with Crippen LogP contribution in [0.1, 0.15) is 25.7 Å². The first-order valence-corrected chi connectivity index (χ1v) is 13.8. The summed E-state index contributed by atoms with van der Waals surface area (Å²) in [5.41, 5.74) is 1.65. The van der Waals surface area contributed by atoms with Crippen LogP contribution in [-0.2, 0) is 14.4 Å². The van der Waals surface area contributed by atoms with E-state index in [-0.39, 0.29) is 12.5 Å². The second-order valence-electron chi connectivity index (χ2n) is 10.0. The van der Waals surface area contributed by atoms with E-state index in [2.05, 4.69) is 16.0 Å². The van der Waals surface area contributed by atoms with Crippen LogP contribution in [0.25, 0.3) is 10.9 Å². The van der Waals surface area contributed by atoms with Gasteiger partial charge in [-0.15, -0.1) is 0 Å². The first-order chi connectivity index (χ1) is 21.4. The van der Waals surface area contributed by atoms with Gasteiger partial charge in [0, 0.05) is 42.3 Å². The van der Waals surface area contributed by atoms with Gasteiger partial charge in [0.1, 0.15) is 5.82 Å². The van der Waals surface area contributed by atoms with E-state index >= 15 is 0 Å². The number of carbonyl (C=O) groups excluding carboxylic acids is 1. The minimum atomic E-state index is -5.08. The Labute approximate surface area is 264 Å². The van der Waals surface area contributed by atoms with Crippen LogP contribution in [0.15, 0.2) is 48.5 Å². The van der Waals surface area contributed by atoms with E-state index in [1.54, 1.807) is 12.1 Å². The number of anilines is 3. The van der Waals surface area contributed by atoms with Crippen molar-refractivity contribution in [2.24, 2.45) is 0 Å². The zero-order valence-electron chi connectivity index (χ0n) is 24.4. The highest BCUT2D eigenvalue weighted by atomic mass is 35.5. The minimum Gasteiger partial charge on any atom is -0.475 e. The van der Waals surface area contributed by atoms with Crippen LogP contribution in [0, 0.1) is 0 Å². The van der Waals surface area contributed by atoms with Gasteiger partial charge in [-0.2, -0.15) is 31.3 Å². The third-order valence-electron chi connectivity index (χ3n) is 6.21. The monoisotopic (exact) mass is 680 g/mol. The number of benzene rings is 2. The van der Waals surface area contributed by atoms with Gasteiger partial charge in [0.2, 0.25) is 11.9 Å². The van der Waals surface area contributed by atoms with E-state index in [4.69, 9.17) is 41.4 Å². The molecular formula is C28H31ClF6N6O5. The number of amides is 1. The van der Waals surface area contributed by atoms with Crippen molar-refractivity contribution in [1.82, 2.24) is 15.3 Å². The number of nitrogens with zero attached hydrogens (tertiary/aromatic N) is 3. The summed E-state index contributed by atoms with van der Waals surface area (Å²) in [6.45, 7) is 0.287. The topological polar surface area (TPSA) is 157 Å². The van der Waals surface area contributed by atoms with E-state index in [0.717, 1.165) is 42.4 Å². The number of rotatable bonds is 7. The van der Waals surface area contributed by atoms with Gasteiger partial charge in [-0.3, -0.25) is 4.79 Å². The number of aliphatic carboxylic acids is 2. The molecule has 46 heavy (non-hydrogen) atoms. The van der Waals surface area contributed by atoms with Crippen LogP contribution in [0.2, 0.25) is 5.02 Å². The van der Waals surface area contributed by atoms with Crippen molar-refractivity contribution >= 4 is 57.8 Å². The van der Waals surface area contributed by atoms with Crippen molar-refractivity contribution in [3.8, 4) is 0 Å². The number of carboxylic acid groups (broad SMARTS) is 2. The van der Waals surface area contributed by atoms with Gasteiger partial charge in [-0.1, -0.05) is 29.8 Å². The Bertz CT molecular complexity index is 1460. The zero-order valence-corrected chi connectivity index (χ0v) is 25.2. The molecule has 18 heteroatoms. The first-order valence-electron chi connectivity index (χ1n) is 13.5. The molecule has 1 aliphatic rings. The summed E-state index contributed by atoms with van der Waals surface area (Å²) in [7, 11) is 4.00. The Balaban J connectivity index is 0.000000440. The maximum atomic E-state index is 12.2. The molecule has 1 fully saturated rings. The number of hydrogen-bond acceptors (Lipinski definition) is 8. The van der Waals surface area contributed by atoms with E-state index in [1.807, 2.05) is 55.4 Å². The van der Waals surface area contributed by atoms with Crippen LogP contribution in [-0.4, -0.2) is 83.1 Å². The predicted octanol–water partition coefficient (Wildman–Crippen LogP) is 5.57. The third kappa shape index (κ3) is 12.9. The molecular weight excluding hydrogens is 650 g/mol. The highest BCUT2D eigenvalue weighted by Crippen LogP contribution is 2.26. The third-order valence-corrected chi connectivity index (χ3v) is 6.45. The van der Waals surface area contributed by atoms with Gasteiger partial charge >= 0.3 is 24.3 Å². The van der Waals surface area contributed by atoms with E-state index < -0.39 is 24.3 Å². The van der Waals surface area contributed by atoms with Crippen molar-refractivity contribution in [3.05, 3.63) is 53.6 Å². The smallest absolute Gasteiger partial charge is 0.475 e. The maximum absolute atomic E-state index is 12.2. The lowest BCUT2D eigenvalue weighted by Crippen LogP contribution is -2.40. The fourth-order valence-corrected chi connectivity index (χ4v) is 4.29. The number of fused-ring (bicyclic) bond motifs is 1. The number of carbonyl (C=O) groups is 3. The SMILES string of the molecule is CN(C)c1nc(NC2CCC(NCC(=O)Nc3cccc(Cl)c3)CC2)nc2ccccc12.O=C(O)C(F)(F)F.O=C(O)C(F)(F)F. The Morgan fingerprint density at radius 1 is 0.870 bits per heavy atom. The lowest BCUT2D eigenvalue weighted by molar-refractivity contribution is -0.193. The van der Waals surface area contributed by atoms with Crippen LogP contribution < -0.4 is 20.9 Å². The molecule has 0 bridgehead atoms. The molecule has 0 atom stereocenters. The molecule has 4 rings (SSSR count). The molecule has 0 aliphatic heterocycles. The highest BCUT2D eigenvalue weighted by molar-refractivity contribution is 6.30. The van der Waals surface area contributed by atoms with Crippen molar-refractivity contribution in [2.45, 2.75) is 50.1 Å². The van der Waals surface area contributed by atoms with Crippen molar-refractivity contribution in [3.63, 3.8) is 0 Å². The van der Waals surface area contributed by atoms with Crippen LogP contribution in [0.5, 0.6) is 0 Å². The molecule has 11 nitrogen and oxygen atoms in total. The fourth-order valence-electron chi connectivity index (χ4n) is 4.10. The molecule has 1 saturated carbocycles. The Hall–Kier alpha value is -4.38. The van der Waals surface area contributed by atoms with Gasteiger partial charge in [-0.25, -0.2) is 14.6 Å². The largest absolute Gasteiger partial charge is 0.490 e. The average molecular weight is 681 g/mol. The Morgan fingerprint density at radius 2 is 1.41 bits per heavy atom. The summed E-state index contributed by atoms with van der Waals surface area (Å²) in [5, 5.41) is 25.7. The second kappa shape index (κ2) is 16.8.